The standard InChI is InChI=1S/C17H26BrN3O/c1-10(15-9-13-4-5-14(15)8-13)19-16(22)6-7-21-12(3)17(18)11(2)20-21/h10,13-15H,4-9H2,1-3H3,(H,19,22)/t10-,13-,14-,15-/m1/s1. The summed E-state index contributed by atoms with van der Waals surface area (Å²) in [5.74, 6) is 2.64. The van der Waals surface area contributed by atoms with E-state index in [1.165, 1.54) is 25.7 Å². The van der Waals surface area contributed by atoms with E-state index in [9.17, 15) is 4.79 Å². The minimum absolute atomic E-state index is 0.152. The van der Waals surface area contributed by atoms with Crippen LogP contribution in [0, 0.1) is 31.6 Å². The van der Waals surface area contributed by atoms with E-state index in [1.54, 1.807) is 0 Å². The van der Waals surface area contributed by atoms with Crippen LogP contribution in [0.5, 0.6) is 0 Å². The van der Waals surface area contributed by atoms with E-state index in [2.05, 4.69) is 33.3 Å². The first-order valence-electron chi connectivity index (χ1n) is 8.44. The number of halogens is 1. The van der Waals surface area contributed by atoms with Crippen LogP contribution in [-0.2, 0) is 11.3 Å². The largest absolute Gasteiger partial charge is 0.353 e. The number of aryl methyl sites for hydroxylation is 2. The van der Waals surface area contributed by atoms with E-state index in [0.717, 1.165) is 27.7 Å². The van der Waals surface area contributed by atoms with Gasteiger partial charge < -0.3 is 5.32 Å². The topological polar surface area (TPSA) is 46.9 Å². The van der Waals surface area contributed by atoms with Gasteiger partial charge in [-0.2, -0.15) is 5.10 Å². The van der Waals surface area contributed by atoms with Gasteiger partial charge in [0.05, 0.1) is 16.7 Å². The van der Waals surface area contributed by atoms with Gasteiger partial charge in [0.15, 0.2) is 0 Å². The number of hydrogen-bond acceptors (Lipinski definition) is 2. The fraction of sp³-hybridized carbons (Fsp3) is 0.765. The lowest BCUT2D eigenvalue weighted by atomic mass is 9.84. The summed E-state index contributed by atoms with van der Waals surface area (Å²) in [7, 11) is 0. The third-order valence-corrected chi connectivity index (χ3v) is 6.82. The summed E-state index contributed by atoms with van der Waals surface area (Å²) in [5.41, 5.74) is 2.07. The molecule has 0 saturated heterocycles. The van der Waals surface area contributed by atoms with E-state index in [0.29, 0.717) is 24.9 Å². The van der Waals surface area contributed by atoms with Crippen molar-refractivity contribution in [3.8, 4) is 0 Å². The van der Waals surface area contributed by atoms with Crippen LogP contribution in [0.3, 0.4) is 0 Å². The van der Waals surface area contributed by atoms with E-state index in [1.807, 2.05) is 18.5 Å². The molecule has 122 valence electrons. The molecular formula is C17H26BrN3O. The number of fused-ring (bicyclic) bond motifs is 2. The molecule has 2 aliphatic rings. The zero-order valence-electron chi connectivity index (χ0n) is 13.7. The Morgan fingerprint density at radius 2 is 2.18 bits per heavy atom. The van der Waals surface area contributed by atoms with Crippen molar-refractivity contribution in [3.63, 3.8) is 0 Å². The summed E-state index contributed by atoms with van der Waals surface area (Å²) < 4.78 is 2.96. The van der Waals surface area contributed by atoms with Crippen molar-refractivity contribution in [3.05, 3.63) is 15.9 Å². The zero-order chi connectivity index (χ0) is 15.9. The fourth-order valence-corrected chi connectivity index (χ4v) is 4.72. The molecule has 3 rings (SSSR count). The Hall–Kier alpha value is -0.840. The second-order valence-electron chi connectivity index (χ2n) is 7.15. The molecule has 1 aromatic rings. The highest BCUT2D eigenvalue weighted by atomic mass is 79.9. The van der Waals surface area contributed by atoms with Crippen LogP contribution in [0.2, 0.25) is 0 Å². The molecule has 22 heavy (non-hydrogen) atoms. The van der Waals surface area contributed by atoms with Gasteiger partial charge in [-0.05, 0) is 73.7 Å². The Labute approximate surface area is 141 Å². The van der Waals surface area contributed by atoms with E-state index < -0.39 is 0 Å². The Morgan fingerprint density at radius 3 is 2.73 bits per heavy atom. The summed E-state index contributed by atoms with van der Waals surface area (Å²) in [4.78, 5) is 12.2. The summed E-state index contributed by atoms with van der Waals surface area (Å²) in [5, 5.41) is 7.69. The van der Waals surface area contributed by atoms with Crippen molar-refractivity contribution >= 4 is 21.8 Å². The summed E-state index contributed by atoms with van der Waals surface area (Å²) in [6.07, 6.45) is 5.99. The van der Waals surface area contributed by atoms with Crippen LogP contribution in [0.4, 0.5) is 0 Å². The van der Waals surface area contributed by atoms with Crippen molar-refractivity contribution < 1.29 is 4.79 Å². The molecule has 2 aliphatic carbocycles. The van der Waals surface area contributed by atoms with E-state index in [-0.39, 0.29) is 5.91 Å². The smallest absolute Gasteiger partial charge is 0.222 e. The lowest BCUT2D eigenvalue weighted by Gasteiger charge is -2.28. The third kappa shape index (κ3) is 3.10. The van der Waals surface area contributed by atoms with Gasteiger partial charge in [0.1, 0.15) is 0 Å². The van der Waals surface area contributed by atoms with Gasteiger partial charge in [-0.15, -0.1) is 0 Å². The van der Waals surface area contributed by atoms with Crippen molar-refractivity contribution in [2.24, 2.45) is 17.8 Å². The van der Waals surface area contributed by atoms with Gasteiger partial charge in [-0.3, -0.25) is 9.48 Å². The molecule has 1 heterocycles. The first-order valence-corrected chi connectivity index (χ1v) is 9.24. The van der Waals surface area contributed by atoms with Crippen LogP contribution in [0.25, 0.3) is 0 Å². The second-order valence-corrected chi connectivity index (χ2v) is 7.95. The fourth-order valence-electron chi connectivity index (χ4n) is 4.44. The average molecular weight is 368 g/mol. The normalized spacial score (nSPS) is 28.1. The molecule has 4 atom stereocenters. The Morgan fingerprint density at radius 1 is 1.41 bits per heavy atom. The number of nitrogens with zero attached hydrogens (tertiary/aromatic N) is 2. The summed E-state index contributed by atoms with van der Waals surface area (Å²) in [6, 6.07) is 0.315. The Kier molecular flexibility index (Phi) is 4.62. The van der Waals surface area contributed by atoms with Gasteiger partial charge in [-0.1, -0.05) is 6.42 Å². The number of nitrogens with one attached hydrogen (secondary N) is 1. The van der Waals surface area contributed by atoms with Crippen LogP contribution in [0.15, 0.2) is 4.47 Å². The average Bonchev–Trinajstić information content (AvgIpc) is 3.17. The molecular weight excluding hydrogens is 342 g/mol. The number of rotatable bonds is 5. The number of carbonyl (C=O) groups is 1. The second kappa shape index (κ2) is 6.34. The molecule has 0 spiro atoms. The summed E-state index contributed by atoms with van der Waals surface area (Å²) >= 11 is 3.53. The highest BCUT2D eigenvalue weighted by molar-refractivity contribution is 9.10. The molecule has 2 bridgehead atoms. The molecule has 2 saturated carbocycles. The molecule has 1 aromatic heterocycles. The van der Waals surface area contributed by atoms with Gasteiger partial charge in [-0.25, -0.2) is 0 Å². The highest BCUT2D eigenvalue weighted by Crippen LogP contribution is 2.49. The van der Waals surface area contributed by atoms with Gasteiger partial charge in [0.2, 0.25) is 5.91 Å². The first kappa shape index (κ1) is 16.0. The molecule has 0 aliphatic heterocycles. The third-order valence-electron chi connectivity index (χ3n) is 5.67. The quantitative estimate of drug-likeness (QED) is 0.863. The number of carbonyl (C=O) groups excluding carboxylic acids is 1. The number of hydrogen-bond donors (Lipinski definition) is 1. The molecule has 0 radical (unpaired) electrons. The molecule has 2 fully saturated rings. The van der Waals surface area contributed by atoms with Crippen LogP contribution < -0.4 is 5.32 Å². The predicted molar refractivity (Wildman–Crippen MR) is 90.6 cm³/mol. The molecule has 4 nitrogen and oxygen atoms in total. The van der Waals surface area contributed by atoms with Crippen molar-refractivity contribution in [1.29, 1.82) is 0 Å². The van der Waals surface area contributed by atoms with E-state index >= 15 is 0 Å². The lowest BCUT2D eigenvalue weighted by Crippen LogP contribution is -2.40. The monoisotopic (exact) mass is 367 g/mol. The molecule has 5 heteroatoms. The van der Waals surface area contributed by atoms with Crippen molar-refractivity contribution in [2.75, 3.05) is 0 Å². The Bertz CT molecular complexity index is 568. The van der Waals surface area contributed by atoms with Crippen molar-refractivity contribution in [1.82, 2.24) is 15.1 Å². The van der Waals surface area contributed by atoms with Crippen LogP contribution >= 0.6 is 15.9 Å². The van der Waals surface area contributed by atoms with Gasteiger partial charge >= 0.3 is 0 Å². The summed E-state index contributed by atoms with van der Waals surface area (Å²) in [6.45, 7) is 6.83. The molecule has 1 amide bonds. The minimum Gasteiger partial charge on any atom is -0.353 e. The van der Waals surface area contributed by atoms with Crippen LogP contribution in [0.1, 0.15) is 50.4 Å². The maximum Gasteiger partial charge on any atom is 0.222 e. The van der Waals surface area contributed by atoms with E-state index in [4.69, 9.17) is 0 Å². The minimum atomic E-state index is 0.152. The zero-order valence-corrected chi connectivity index (χ0v) is 15.3. The first-order chi connectivity index (χ1) is 10.5. The SMILES string of the molecule is Cc1nn(CCC(=O)N[C@H](C)[C@H]2C[C@@H]3CC[C@@H]2C3)c(C)c1Br. The van der Waals surface area contributed by atoms with Gasteiger partial charge in [0, 0.05) is 18.2 Å². The van der Waals surface area contributed by atoms with Crippen LogP contribution in [-0.4, -0.2) is 21.7 Å². The highest BCUT2D eigenvalue weighted by Gasteiger charge is 2.42. The maximum absolute atomic E-state index is 12.2. The molecule has 0 aromatic carbocycles. The number of amides is 1. The molecule has 0 unspecified atom stereocenters. The van der Waals surface area contributed by atoms with Gasteiger partial charge in [0.25, 0.3) is 0 Å². The predicted octanol–water partition coefficient (Wildman–Crippen LogP) is 3.59. The number of aromatic nitrogens is 2. The molecule has 1 N–H and O–H groups in total. The van der Waals surface area contributed by atoms with Crippen molar-refractivity contribution in [2.45, 2.75) is 65.5 Å². The maximum atomic E-state index is 12.2. The Balaban J connectivity index is 1.49. The lowest BCUT2D eigenvalue weighted by molar-refractivity contribution is -0.122.